The summed E-state index contributed by atoms with van der Waals surface area (Å²) < 4.78 is 0. The lowest BCUT2D eigenvalue weighted by Gasteiger charge is -1.72. The van der Waals surface area contributed by atoms with Gasteiger partial charge < -0.3 is 15.3 Å². The van der Waals surface area contributed by atoms with Gasteiger partial charge in [-0.05, 0) is 0 Å². The Kier molecular flexibility index (Phi) is 6.23. The summed E-state index contributed by atoms with van der Waals surface area (Å²) in [6, 6.07) is 0. The van der Waals surface area contributed by atoms with Crippen molar-refractivity contribution in [3.05, 3.63) is 0 Å². The number of aliphatic carboxylic acids is 3. The molecule has 0 rings (SSSR count). The first-order valence-electron chi connectivity index (χ1n) is 2.03. The Morgan fingerprint density at radius 1 is 0.900 bits per heavy atom. The number of carbonyl (C=O) groups is 3. The van der Waals surface area contributed by atoms with Crippen LogP contribution in [-0.4, -0.2) is 33.2 Å². The van der Waals surface area contributed by atoms with E-state index in [1.165, 1.54) is 0 Å². The van der Waals surface area contributed by atoms with Crippen molar-refractivity contribution >= 4 is 17.9 Å². The lowest BCUT2D eigenvalue weighted by Crippen LogP contribution is -2.09. The molecule has 0 aromatic rings. The molecule has 10 heavy (non-hydrogen) atoms. The predicted molar refractivity (Wildman–Crippen MR) is 28.6 cm³/mol. The Hall–Kier alpha value is -1.59. The van der Waals surface area contributed by atoms with Gasteiger partial charge in [-0.25, -0.2) is 9.59 Å². The van der Waals surface area contributed by atoms with Crippen molar-refractivity contribution in [2.45, 2.75) is 6.92 Å². The zero-order chi connectivity index (χ0) is 8.73. The summed E-state index contributed by atoms with van der Waals surface area (Å²) in [6.45, 7) is 1.08. The first-order chi connectivity index (χ1) is 4.37. The van der Waals surface area contributed by atoms with Crippen LogP contribution in [0.25, 0.3) is 0 Å². The van der Waals surface area contributed by atoms with Crippen molar-refractivity contribution in [2.75, 3.05) is 0 Å². The van der Waals surface area contributed by atoms with Crippen LogP contribution < -0.4 is 0 Å². The molecule has 0 aromatic heterocycles. The van der Waals surface area contributed by atoms with Gasteiger partial charge in [0.05, 0.1) is 0 Å². The van der Waals surface area contributed by atoms with Crippen LogP contribution in [-0.2, 0) is 14.4 Å². The van der Waals surface area contributed by atoms with Gasteiger partial charge in [0.2, 0.25) is 0 Å². The third-order valence-corrected chi connectivity index (χ3v) is 0.183. The molecule has 0 saturated carbocycles. The zero-order valence-corrected chi connectivity index (χ0v) is 5.07. The molecule has 0 spiro atoms. The largest absolute Gasteiger partial charge is 0.481 e. The number of rotatable bonds is 0. The average Bonchev–Trinajstić information content (AvgIpc) is 1.63. The predicted octanol–water partition coefficient (Wildman–Crippen LogP) is -0.754. The van der Waals surface area contributed by atoms with Crippen LogP contribution in [0.15, 0.2) is 0 Å². The molecule has 6 nitrogen and oxygen atoms in total. The number of hydrogen-bond acceptors (Lipinski definition) is 3. The minimum absolute atomic E-state index is 0.833. The van der Waals surface area contributed by atoms with Gasteiger partial charge in [0.25, 0.3) is 5.97 Å². The summed E-state index contributed by atoms with van der Waals surface area (Å²) >= 11 is 0. The van der Waals surface area contributed by atoms with E-state index in [1.54, 1.807) is 0 Å². The van der Waals surface area contributed by atoms with Gasteiger partial charge in [-0.2, -0.15) is 0 Å². The van der Waals surface area contributed by atoms with Gasteiger partial charge in [0, 0.05) is 6.92 Å². The van der Waals surface area contributed by atoms with Crippen LogP contribution in [0.2, 0.25) is 0 Å². The summed E-state index contributed by atoms with van der Waals surface area (Å²) in [4.78, 5) is 27.2. The van der Waals surface area contributed by atoms with E-state index in [-0.39, 0.29) is 0 Å². The van der Waals surface area contributed by atoms with Gasteiger partial charge in [-0.15, -0.1) is 0 Å². The molecular formula is C4H6O6. The summed E-state index contributed by atoms with van der Waals surface area (Å²) in [7, 11) is 0. The summed E-state index contributed by atoms with van der Waals surface area (Å²) in [5, 5.41) is 22.2. The number of carboxylic acid groups (broad SMARTS) is 3. The highest BCUT2D eigenvalue weighted by atomic mass is 16.4. The first-order valence-corrected chi connectivity index (χ1v) is 2.03. The maximum absolute atomic E-state index is 9.10. The van der Waals surface area contributed by atoms with Crippen LogP contribution in [0, 0.1) is 0 Å². The molecule has 6 heteroatoms. The minimum atomic E-state index is -1.82. The second kappa shape index (κ2) is 5.54. The van der Waals surface area contributed by atoms with Crippen molar-refractivity contribution in [3.8, 4) is 0 Å². The highest BCUT2D eigenvalue weighted by Gasteiger charge is 2.04. The SMILES string of the molecule is CC(=O)O.O=C(O)C(=O)O. The molecule has 0 atom stereocenters. The summed E-state index contributed by atoms with van der Waals surface area (Å²) in [5.41, 5.74) is 0. The second-order valence-corrected chi connectivity index (χ2v) is 1.13. The van der Waals surface area contributed by atoms with Crippen molar-refractivity contribution in [1.29, 1.82) is 0 Å². The fraction of sp³-hybridized carbons (Fsp3) is 0.250. The summed E-state index contributed by atoms with van der Waals surface area (Å²) in [6.07, 6.45) is 0. The Morgan fingerprint density at radius 3 is 1.00 bits per heavy atom. The highest BCUT2D eigenvalue weighted by Crippen LogP contribution is 1.56. The lowest BCUT2D eigenvalue weighted by atomic mass is 10.7. The van der Waals surface area contributed by atoms with E-state index in [0.29, 0.717) is 0 Å². The van der Waals surface area contributed by atoms with Gasteiger partial charge in [0.15, 0.2) is 0 Å². The van der Waals surface area contributed by atoms with E-state index < -0.39 is 17.9 Å². The lowest BCUT2D eigenvalue weighted by molar-refractivity contribution is -0.159. The van der Waals surface area contributed by atoms with E-state index in [0.717, 1.165) is 6.92 Å². The van der Waals surface area contributed by atoms with Crippen LogP contribution in [0.5, 0.6) is 0 Å². The summed E-state index contributed by atoms with van der Waals surface area (Å²) in [5.74, 6) is -4.48. The van der Waals surface area contributed by atoms with Gasteiger partial charge in [0.1, 0.15) is 0 Å². The molecular weight excluding hydrogens is 144 g/mol. The van der Waals surface area contributed by atoms with Crippen LogP contribution >= 0.6 is 0 Å². The van der Waals surface area contributed by atoms with Crippen molar-refractivity contribution in [2.24, 2.45) is 0 Å². The fourth-order valence-corrected chi connectivity index (χ4v) is 0. The van der Waals surface area contributed by atoms with Crippen molar-refractivity contribution < 1.29 is 29.7 Å². The molecule has 3 N–H and O–H groups in total. The Balaban J connectivity index is 0. The molecule has 0 aromatic carbocycles. The molecule has 0 unspecified atom stereocenters. The second-order valence-electron chi connectivity index (χ2n) is 1.13. The third kappa shape index (κ3) is 32.3. The number of hydrogen-bond donors (Lipinski definition) is 3. The molecule has 0 saturated heterocycles. The Morgan fingerprint density at radius 2 is 1.00 bits per heavy atom. The van der Waals surface area contributed by atoms with Crippen LogP contribution in [0.4, 0.5) is 0 Å². The normalized spacial score (nSPS) is 6.90. The molecule has 0 heterocycles. The fourth-order valence-electron chi connectivity index (χ4n) is 0. The minimum Gasteiger partial charge on any atom is -0.481 e. The third-order valence-electron chi connectivity index (χ3n) is 0.183. The van der Waals surface area contributed by atoms with Crippen LogP contribution in [0.1, 0.15) is 6.92 Å². The number of carboxylic acids is 3. The van der Waals surface area contributed by atoms with Gasteiger partial charge in [-0.1, -0.05) is 0 Å². The zero-order valence-electron chi connectivity index (χ0n) is 5.07. The maximum Gasteiger partial charge on any atom is 0.414 e. The van der Waals surface area contributed by atoms with Gasteiger partial charge >= 0.3 is 11.9 Å². The van der Waals surface area contributed by atoms with E-state index in [9.17, 15) is 0 Å². The smallest absolute Gasteiger partial charge is 0.414 e. The topological polar surface area (TPSA) is 112 Å². The molecule has 0 aliphatic carbocycles. The van der Waals surface area contributed by atoms with E-state index >= 15 is 0 Å². The monoisotopic (exact) mass is 150 g/mol. The molecule has 0 bridgehead atoms. The molecule has 0 fully saturated rings. The first kappa shape index (κ1) is 11.2. The Bertz CT molecular complexity index is 132. The molecule has 0 aliphatic rings. The average molecular weight is 150 g/mol. The van der Waals surface area contributed by atoms with Gasteiger partial charge in [-0.3, -0.25) is 4.79 Å². The van der Waals surface area contributed by atoms with Crippen LogP contribution in [0.3, 0.4) is 0 Å². The Labute approximate surface area is 55.7 Å². The van der Waals surface area contributed by atoms with E-state index in [2.05, 4.69) is 0 Å². The standard InChI is InChI=1S/C2H2O4.C2H4O2/c3-1(4)2(5)6;1-2(3)4/h(H,3,4)(H,5,6);1H3,(H,3,4). The van der Waals surface area contributed by atoms with Crippen molar-refractivity contribution in [1.82, 2.24) is 0 Å². The molecule has 0 aliphatic heterocycles. The van der Waals surface area contributed by atoms with Crippen molar-refractivity contribution in [3.63, 3.8) is 0 Å². The highest BCUT2D eigenvalue weighted by molar-refractivity contribution is 6.27. The maximum atomic E-state index is 9.10. The molecule has 58 valence electrons. The van der Waals surface area contributed by atoms with E-state index in [4.69, 9.17) is 29.7 Å². The molecule has 0 radical (unpaired) electrons. The van der Waals surface area contributed by atoms with E-state index in [1.807, 2.05) is 0 Å². The quantitative estimate of drug-likeness (QED) is 0.391. The molecule has 0 amide bonds.